The SMILES string of the molecule is CC(=O)Nc1cccc(NC(=O)c2cc([N+](=O)[O-])ccc2N(C)C)c1. The quantitative estimate of drug-likeness (QED) is 0.642. The van der Waals surface area contributed by atoms with Crippen LogP contribution in [0.5, 0.6) is 0 Å². The maximum atomic E-state index is 12.6. The number of carbonyl (C=O) groups is 2. The van der Waals surface area contributed by atoms with Gasteiger partial charge in [-0.3, -0.25) is 19.7 Å². The lowest BCUT2D eigenvalue weighted by Gasteiger charge is -2.17. The number of nitrogens with zero attached hydrogens (tertiary/aromatic N) is 2. The fraction of sp³-hybridized carbons (Fsp3) is 0.176. The minimum atomic E-state index is -0.548. The van der Waals surface area contributed by atoms with Gasteiger partial charge in [0.05, 0.1) is 10.5 Å². The number of benzene rings is 2. The molecule has 2 amide bonds. The van der Waals surface area contributed by atoms with Crippen molar-refractivity contribution in [2.45, 2.75) is 6.92 Å². The minimum Gasteiger partial charge on any atom is -0.377 e. The Kier molecular flexibility index (Phi) is 5.33. The second kappa shape index (κ2) is 7.43. The largest absolute Gasteiger partial charge is 0.377 e. The number of nitrogens with one attached hydrogen (secondary N) is 2. The number of anilines is 3. The molecular weight excluding hydrogens is 324 g/mol. The van der Waals surface area contributed by atoms with Gasteiger partial charge in [0.25, 0.3) is 11.6 Å². The zero-order valence-corrected chi connectivity index (χ0v) is 14.1. The molecule has 0 atom stereocenters. The van der Waals surface area contributed by atoms with Crippen molar-refractivity contribution in [2.24, 2.45) is 0 Å². The van der Waals surface area contributed by atoms with E-state index >= 15 is 0 Å². The van der Waals surface area contributed by atoms with Crippen LogP contribution in [0.2, 0.25) is 0 Å². The Balaban J connectivity index is 2.32. The number of amides is 2. The standard InChI is InChI=1S/C17H18N4O4/c1-11(22)18-12-5-4-6-13(9-12)19-17(23)15-10-14(21(24)25)7-8-16(15)20(2)3/h4-10H,1-3H3,(H,18,22)(H,19,23). The first-order valence-electron chi connectivity index (χ1n) is 7.42. The zero-order chi connectivity index (χ0) is 18.6. The third kappa shape index (κ3) is 4.54. The second-order valence-electron chi connectivity index (χ2n) is 5.57. The highest BCUT2D eigenvalue weighted by molar-refractivity contribution is 6.08. The summed E-state index contributed by atoms with van der Waals surface area (Å²) >= 11 is 0. The molecule has 130 valence electrons. The highest BCUT2D eigenvalue weighted by Crippen LogP contribution is 2.25. The fourth-order valence-electron chi connectivity index (χ4n) is 2.29. The molecule has 2 aromatic carbocycles. The van der Waals surface area contributed by atoms with E-state index in [9.17, 15) is 19.7 Å². The number of nitro groups is 1. The van der Waals surface area contributed by atoms with Gasteiger partial charge in [0, 0.05) is 50.2 Å². The van der Waals surface area contributed by atoms with Gasteiger partial charge in [-0.1, -0.05) is 6.07 Å². The van der Waals surface area contributed by atoms with Gasteiger partial charge in [-0.05, 0) is 24.3 Å². The van der Waals surface area contributed by atoms with E-state index in [-0.39, 0.29) is 17.2 Å². The van der Waals surface area contributed by atoms with Crippen molar-refractivity contribution in [2.75, 3.05) is 29.6 Å². The molecule has 0 aliphatic rings. The van der Waals surface area contributed by atoms with Crippen LogP contribution in [0, 0.1) is 10.1 Å². The topological polar surface area (TPSA) is 105 Å². The molecule has 0 radical (unpaired) electrons. The number of hydrogen-bond donors (Lipinski definition) is 2. The number of carbonyl (C=O) groups excluding carboxylic acids is 2. The van der Waals surface area contributed by atoms with E-state index in [0.29, 0.717) is 17.1 Å². The Labute approximate surface area is 144 Å². The monoisotopic (exact) mass is 342 g/mol. The highest BCUT2D eigenvalue weighted by atomic mass is 16.6. The van der Waals surface area contributed by atoms with Crippen LogP contribution in [0.1, 0.15) is 17.3 Å². The lowest BCUT2D eigenvalue weighted by molar-refractivity contribution is -0.384. The first-order chi connectivity index (χ1) is 11.8. The zero-order valence-electron chi connectivity index (χ0n) is 14.1. The van der Waals surface area contributed by atoms with Gasteiger partial charge in [-0.15, -0.1) is 0 Å². The van der Waals surface area contributed by atoms with Crippen molar-refractivity contribution < 1.29 is 14.5 Å². The van der Waals surface area contributed by atoms with Crippen molar-refractivity contribution >= 4 is 34.6 Å². The van der Waals surface area contributed by atoms with E-state index in [1.807, 2.05) is 0 Å². The summed E-state index contributed by atoms with van der Waals surface area (Å²) in [6.45, 7) is 1.39. The summed E-state index contributed by atoms with van der Waals surface area (Å²) in [6, 6.07) is 10.8. The molecule has 0 aromatic heterocycles. The molecule has 8 heteroatoms. The van der Waals surface area contributed by atoms with E-state index in [0.717, 1.165) is 0 Å². The molecule has 0 aliphatic carbocycles. The Morgan fingerprint density at radius 2 is 1.68 bits per heavy atom. The molecule has 2 rings (SSSR count). The van der Waals surface area contributed by atoms with E-state index in [1.54, 1.807) is 43.3 Å². The van der Waals surface area contributed by atoms with Gasteiger partial charge in [-0.25, -0.2) is 0 Å². The molecule has 0 spiro atoms. The van der Waals surface area contributed by atoms with Gasteiger partial charge < -0.3 is 15.5 Å². The van der Waals surface area contributed by atoms with Crippen LogP contribution in [-0.2, 0) is 4.79 Å². The summed E-state index contributed by atoms with van der Waals surface area (Å²) in [6.07, 6.45) is 0. The molecule has 0 unspecified atom stereocenters. The second-order valence-corrected chi connectivity index (χ2v) is 5.57. The summed E-state index contributed by atoms with van der Waals surface area (Å²) in [5.74, 6) is -0.704. The van der Waals surface area contributed by atoms with Gasteiger partial charge >= 0.3 is 0 Å². The van der Waals surface area contributed by atoms with E-state index in [2.05, 4.69) is 10.6 Å². The summed E-state index contributed by atoms with van der Waals surface area (Å²) < 4.78 is 0. The van der Waals surface area contributed by atoms with Crippen molar-refractivity contribution in [3.63, 3.8) is 0 Å². The maximum absolute atomic E-state index is 12.6. The summed E-state index contributed by atoms with van der Waals surface area (Å²) in [4.78, 5) is 35.9. The smallest absolute Gasteiger partial charge is 0.270 e. The normalized spacial score (nSPS) is 10.0. The molecule has 0 saturated carbocycles. The number of hydrogen-bond acceptors (Lipinski definition) is 5. The lowest BCUT2D eigenvalue weighted by atomic mass is 10.1. The number of non-ortho nitro benzene ring substituents is 1. The first kappa shape index (κ1) is 17.9. The van der Waals surface area contributed by atoms with E-state index in [1.165, 1.54) is 25.1 Å². The van der Waals surface area contributed by atoms with Crippen LogP contribution < -0.4 is 15.5 Å². The number of rotatable bonds is 5. The number of nitro benzene ring substituents is 1. The highest BCUT2D eigenvalue weighted by Gasteiger charge is 2.18. The fourth-order valence-corrected chi connectivity index (χ4v) is 2.29. The molecule has 25 heavy (non-hydrogen) atoms. The Hall–Kier alpha value is -3.42. The van der Waals surface area contributed by atoms with Crippen LogP contribution in [-0.4, -0.2) is 30.8 Å². The predicted octanol–water partition coefficient (Wildman–Crippen LogP) is 2.87. The Morgan fingerprint density at radius 3 is 2.24 bits per heavy atom. The average molecular weight is 342 g/mol. The molecule has 8 nitrogen and oxygen atoms in total. The van der Waals surface area contributed by atoms with Crippen LogP contribution in [0.25, 0.3) is 0 Å². The van der Waals surface area contributed by atoms with Crippen molar-refractivity contribution in [3.05, 3.63) is 58.1 Å². The molecule has 0 saturated heterocycles. The third-order valence-corrected chi connectivity index (χ3v) is 3.36. The average Bonchev–Trinajstić information content (AvgIpc) is 2.53. The molecule has 0 fully saturated rings. The molecule has 2 N–H and O–H groups in total. The van der Waals surface area contributed by atoms with E-state index < -0.39 is 10.8 Å². The van der Waals surface area contributed by atoms with Gasteiger partial charge in [0.2, 0.25) is 5.91 Å². The first-order valence-corrected chi connectivity index (χ1v) is 7.42. The molecule has 0 heterocycles. The molecular formula is C17H18N4O4. The Morgan fingerprint density at radius 1 is 1.04 bits per heavy atom. The van der Waals surface area contributed by atoms with Crippen LogP contribution >= 0.6 is 0 Å². The third-order valence-electron chi connectivity index (χ3n) is 3.36. The van der Waals surface area contributed by atoms with Crippen molar-refractivity contribution in [3.8, 4) is 0 Å². The van der Waals surface area contributed by atoms with Gasteiger partial charge in [0.15, 0.2) is 0 Å². The summed E-state index contributed by atoms with van der Waals surface area (Å²) in [5, 5.41) is 16.3. The molecule has 2 aromatic rings. The maximum Gasteiger partial charge on any atom is 0.270 e. The van der Waals surface area contributed by atoms with Crippen LogP contribution in [0.4, 0.5) is 22.7 Å². The minimum absolute atomic E-state index is 0.164. The predicted molar refractivity (Wildman–Crippen MR) is 96.1 cm³/mol. The van der Waals surface area contributed by atoms with Crippen molar-refractivity contribution in [1.29, 1.82) is 0 Å². The van der Waals surface area contributed by atoms with Crippen LogP contribution in [0.3, 0.4) is 0 Å². The van der Waals surface area contributed by atoms with Gasteiger partial charge in [-0.2, -0.15) is 0 Å². The van der Waals surface area contributed by atoms with E-state index in [4.69, 9.17) is 0 Å². The van der Waals surface area contributed by atoms with Crippen molar-refractivity contribution in [1.82, 2.24) is 0 Å². The summed E-state index contributed by atoms with van der Waals surface area (Å²) in [5.41, 5.74) is 1.58. The Bertz CT molecular complexity index is 833. The van der Waals surface area contributed by atoms with Crippen LogP contribution in [0.15, 0.2) is 42.5 Å². The molecule has 0 bridgehead atoms. The summed E-state index contributed by atoms with van der Waals surface area (Å²) in [7, 11) is 3.49. The van der Waals surface area contributed by atoms with Gasteiger partial charge in [0.1, 0.15) is 0 Å². The lowest BCUT2D eigenvalue weighted by Crippen LogP contribution is -2.19. The molecule has 0 aliphatic heterocycles.